The standard InChI is InChI=1S/C17H27N3OS/c1-2-3-4-15-5-7-16(8-6-15)19-17(22)18-9-10-20-11-13-21-14-12-20/h5-8H,2-4,9-14H2,1H3,(H2,18,19,22). The average Bonchev–Trinajstić information content (AvgIpc) is 2.55. The molecular formula is C17H27N3OS. The summed E-state index contributed by atoms with van der Waals surface area (Å²) in [4.78, 5) is 2.39. The van der Waals surface area contributed by atoms with Gasteiger partial charge in [-0.05, 0) is 42.8 Å². The highest BCUT2D eigenvalue weighted by atomic mass is 32.1. The van der Waals surface area contributed by atoms with E-state index in [1.165, 1.54) is 18.4 Å². The number of nitrogens with zero attached hydrogens (tertiary/aromatic N) is 1. The molecule has 1 aliphatic heterocycles. The maximum atomic E-state index is 5.34. The van der Waals surface area contributed by atoms with Gasteiger partial charge >= 0.3 is 0 Å². The third-order valence-corrected chi connectivity index (χ3v) is 4.09. The highest BCUT2D eigenvalue weighted by Gasteiger charge is 2.09. The lowest BCUT2D eigenvalue weighted by Gasteiger charge is -2.26. The number of nitrogens with one attached hydrogen (secondary N) is 2. The van der Waals surface area contributed by atoms with Gasteiger partial charge in [0.05, 0.1) is 13.2 Å². The predicted octanol–water partition coefficient (Wildman–Crippen LogP) is 2.65. The third kappa shape index (κ3) is 6.30. The van der Waals surface area contributed by atoms with Crippen LogP contribution in [0.1, 0.15) is 25.3 Å². The first-order valence-electron chi connectivity index (χ1n) is 8.22. The molecule has 122 valence electrons. The largest absolute Gasteiger partial charge is 0.379 e. The number of morpholine rings is 1. The minimum absolute atomic E-state index is 0.689. The number of ether oxygens (including phenoxy) is 1. The highest BCUT2D eigenvalue weighted by molar-refractivity contribution is 7.80. The Bertz CT molecular complexity index is 444. The van der Waals surface area contributed by atoms with E-state index in [1.807, 2.05) is 0 Å². The third-order valence-electron chi connectivity index (χ3n) is 3.85. The Morgan fingerprint density at radius 3 is 2.64 bits per heavy atom. The van der Waals surface area contributed by atoms with Crippen molar-refractivity contribution in [1.82, 2.24) is 10.2 Å². The lowest BCUT2D eigenvalue weighted by Crippen LogP contribution is -2.42. The summed E-state index contributed by atoms with van der Waals surface area (Å²) in [6.45, 7) is 7.79. The van der Waals surface area contributed by atoms with E-state index in [-0.39, 0.29) is 0 Å². The van der Waals surface area contributed by atoms with Crippen LogP contribution in [0.5, 0.6) is 0 Å². The Hall–Kier alpha value is -1.17. The zero-order valence-electron chi connectivity index (χ0n) is 13.4. The molecule has 0 aliphatic carbocycles. The van der Waals surface area contributed by atoms with Gasteiger partial charge in [-0.3, -0.25) is 4.90 Å². The van der Waals surface area contributed by atoms with E-state index >= 15 is 0 Å². The summed E-state index contributed by atoms with van der Waals surface area (Å²) in [5.74, 6) is 0. The summed E-state index contributed by atoms with van der Waals surface area (Å²) < 4.78 is 5.34. The van der Waals surface area contributed by atoms with Crippen molar-refractivity contribution in [2.24, 2.45) is 0 Å². The molecule has 1 aromatic rings. The molecule has 0 saturated carbocycles. The van der Waals surface area contributed by atoms with Crippen LogP contribution in [0, 0.1) is 0 Å². The number of unbranched alkanes of at least 4 members (excludes halogenated alkanes) is 1. The summed E-state index contributed by atoms with van der Waals surface area (Å²) in [6.07, 6.45) is 3.63. The van der Waals surface area contributed by atoms with Gasteiger partial charge in [-0.2, -0.15) is 0 Å². The van der Waals surface area contributed by atoms with Gasteiger partial charge in [0.15, 0.2) is 5.11 Å². The lowest BCUT2D eigenvalue weighted by molar-refractivity contribution is 0.0389. The van der Waals surface area contributed by atoms with Crippen molar-refractivity contribution >= 4 is 23.0 Å². The maximum absolute atomic E-state index is 5.34. The van der Waals surface area contributed by atoms with E-state index < -0.39 is 0 Å². The van der Waals surface area contributed by atoms with Crippen LogP contribution in [0.4, 0.5) is 5.69 Å². The van der Waals surface area contributed by atoms with Crippen molar-refractivity contribution in [3.8, 4) is 0 Å². The minimum atomic E-state index is 0.689. The van der Waals surface area contributed by atoms with Crippen LogP contribution in [0.3, 0.4) is 0 Å². The van der Waals surface area contributed by atoms with Gasteiger partial charge in [-0.15, -0.1) is 0 Å². The molecule has 1 heterocycles. The maximum Gasteiger partial charge on any atom is 0.170 e. The smallest absolute Gasteiger partial charge is 0.170 e. The normalized spacial score (nSPS) is 15.5. The van der Waals surface area contributed by atoms with Gasteiger partial charge in [-0.1, -0.05) is 25.5 Å². The van der Waals surface area contributed by atoms with Crippen molar-refractivity contribution in [3.05, 3.63) is 29.8 Å². The quantitative estimate of drug-likeness (QED) is 0.755. The first kappa shape index (κ1) is 17.2. The Morgan fingerprint density at radius 2 is 1.95 bits per heavy atom. The Kier molecular flexibility index (Phi) is 7.63. The number of hydrogen-bond donors (Lipinski definition) is 2. The van der Waals surface area contributed by atoms with Crippen LogP contribution < -0.4 is 10.6 Å². The fraction of sp³-hybridized carbons (Fsp3) is 0.588. The van der Waals surface area contributed by atoms with Crippen molar-refractivity contribution in [3.63, 3.8) is 0 Å². The van der Waals surface area contributed by atoms with Crippen molar-refractivity contribution in [2.45, 2.75) is 26.2 Å². The first-order valence-corrected chi connectivity index (χ1v) is 8.62. The second-order valence-corrected chi connectivity index (χ2v) is 6.04. The summed E-state index contributed by atoms with van der Waals surface area (Å²) in [6, 6.07) is 8.55. The van der Waals surface area contributed by atoms with Crippen LogP contribution in [-0.2, 0) is 11.2 Å². The zero-order valence-corrected chi connectivity index (χ0v) is 14.3. The van der Waals surface area contributed by atoms with Crippen molar-refractivity contribution < 1.29 is 4.74 Å². The average molecular weight is 321 g/mol. The monoisotopic (exact) mass is 321 g/mol. The van der Waals surface area contributed by atoms with E-state index in [0.717, 1.165) is 51.5 Å². The Morgan fingerprint density at radius 1 is 1.23 bits per heavy atom. The number of thiocarbonyl (C=S) groups is 1. The van der Waals surface area contributed by atoms with E-state index in [0.29, 0.717) is 5.11 Å². The second kappa shape index (κ2) is 9.77. The lowest BCUT2D eigenvalue weighted by atomic mass is 10.1. The molecule has 0 amide bonds. The molecule has 0 aromatic heterocycles. The van der Waals surface area contributed by atoms with E-state index in [9.17, 15) is 0 Å². The van der Waals surface area contributed by atoms with Gasteiger partial charge < -0.3 is 15.4 Å². The molecule has 1 fully saturated rings. The number of aryl methyl sites for hydroxylation is 1. The number of rotatable bonds is 7. The van der Waals surface area contributed by atoms with Crippen LogP contribution in [0.25, 0.3) is 0 Å². The molecule has 5 heteroatoms. The zero-order chi connectivity index (χ0) is 15.6. The summed E-state index contributed by atoms with van der Waals surface area (Å²) in [5.41, 5.74) is 2.43. The van der Waals surface area contributed by atoms with Crippen molar-refractivity contribution in [2.75, 3.05) is 44.7 Å². The van der Waals surface area contributed by atoms with Gasteiger partial charge in [0.1, 0.15) is 0 Å². The topological polar surface area (TPSA) is 36.5 Å². The fourth-order valence-electron chi connectivity index (χ4n) is 2.46. The Labute approximate surface area is 139 Å². The predicted molar refractivity (Wildman–Crippen MR) is 96.5 cm³/mol. The molecule has 1 aliphatic rings. The molecule has 0 spiro atoms. The highest BCUT2D eigenvalue weighted by Crippen LogP contribution is 2.11. The van der Waals surface area contributed by atoms with Gasteiger partial charge in [0.2, 0.25) is 0 Å². The van der Waals surface area contributed by atoms with Gasteiger partial charge in [-0.25, -0.2) is 0 Å². The van der Waals surface area contributed by atoms with Crippen LogP contribution in [-0.4, -0.2) is 49.4 Å². The summed E-state index contributed by atoms with van der Waals surface area (Å²) >= 11 is 5.34. The molecule has 2 rings (SSSR count). The minimum Gasteiger partial charge on any atom is -0.379 e. The first-order chi connectivity index (χ1) is 10.8. The van der Waals surface area contributed by atoms with Gasteiger partial charge in [0.25, 0.3) is 0 Å². The number of hydrogen-bond acceptors (Lipinski definition) is 3. The van der Waals surface area contributed by atoms with E-state index in [2.05, 4.69) is 46.7 Å². The molecule has 0 atom stereocenters. The SMILES string of the molecule is CCCCc1ccc(NC(=S)NCCN2CCOCC2)cc1. The molecule has 2 N–H and O–H groups in total. The molecule has 0 radical (unpaired) electrons. The molecule has 4 nitrogen and oxygen atoms in total. The Balaban J connectivity index is 1.65. The molecule has 22 heavy (non-hydrogen) atoms. The molecular weight excluding hydrogens is 294 g/mol. The molecule has 0 bridgehead atoms. The van der Waals surface area contributed by atoms with E-state index in [1.54, 1.807) is 0 Å². The second-order valence-electron chi connectivity index (χ2n) is 5.64. The van der Waals surface area contributed by atoms with Crippen molar-refractivity contribution in [1.29, 1.82) is 0 Å². The molecule has 1 aromatic carbocycles. The van der Waals surface area contributed by atoms with Crippen LogP contribution >= 0.6 is 12.2 Å². The number of anilines is 1. The fourth-order valence-corrected chi connectivity index (χ4v) is 2.68. The summed E-state index contributed by atoms with van der Waals surface area (Å²) in [5, 5.41) is 7.19. The molecule has 1 saturated heterocycles. The van der Waals surface area contributed by atoms with E-state index in [4.69, 9.17) is 17.0 Å². The number of benzene rings is 1. The molecule has 0 unspecified atom stereocenters. The van der Waals surface area contributed by atoms with Crippen LogP contribution in [0.2, 0.25) is 0 Å². The summed E-state index contributed by atoms with van der Waals surface area (Å²) in [7, 11) is 0. The van der Waals surface area contributed by atoms with Gasteiger partial charge in [0, 0.05) is 31.9 Å². The van der Waals surface area contributed by atoms with Crippen LogP contribution in [0.15, 0.2) is 24.3 Å².